The van der Waals surface area contributed by atoms with Crippen LogP contribution in [0.25, 0.3) is 0 Å². The average molecular weight is 424 g/mol. The summed E-state index contributed by atoms with van der Waals surface area (Å²) in [6, 6.07) is 17.9. The minimum absolute atomic E-state index is 0.203. The van der Waals surface area contributed by atoms with Crippen LogP contribution in [0.5, 0.6) is 0 Å². The first kappa shape index (κ1) is 20.2. The lowest BCUT2D eigenvalue weighted by Gasteiger charge is -2.35. The number of nitrogen functional groups attached to an aromatic ring is 1. The molecule has 0 spiro atoms. The van der Waals surface area contributed by atoms with Gasteiger partial charge >= 0.3 is 0 Å². The number of carbonyl (C=O) groups excluding carboxylic acids is 1. The number of pyridine rings is 2. The van der Waals surface area contributed by atoms with Crippen molar-refractivity contribution in [3.05, 3.63) is 83.2 Å². The Balaban J connectivity index is 1.48. The van der Waals surface area contributed by atoms with E-state index in [0.29, 0.717) is 22.7 Å². The van der Waals surface area contributed by atoms with Crippen LogP contribution in [0.4, 0.5) is 11.6 Å². The SMILES string of the molecule is Nc1ncccc1C(=O)c1nc(N2CCNC(c3ccccc3)C2)ccc1C#CC1CC1. The van der Waals surface area contributed by atoms with E-state index < -0.39 is 0 Å². The van der Waals surface area contributed by atoms with E-state index >= 15 is 0 Å². The van der Waals surface area contributed by atoms with Crippen LogP contribution < -0.4 is 16.0 Å². The van der Waals surface area contributed by atoms with E-state index in [0.717, 1.165) is 38.3 Å². The van der Waals surface area contributed by atoms with Crippen molar-refractivity contribution in [3.63, 3.8) is 0 Å². The van der Waals surface area contributed by atoms with Crippen molar-refractivity contribution in [2.45, 2.75) is 18.9 Å². The highest BCUT2D eigenvalue weighted by Gasteiger charge is 2.25. The van der Waals surface area contributed by atoms with Crippen LogP contribution in [0.1, 0.15) is 46.1 Å². The second-order valence-corrected chi connectivity index (χ2v) is 8.24. The van der Waals surface area contributed by atoms with Crippen LogP contribution in [0.3, 0.4) is 0 Å². The summed E-state index contributed by atoms with van der Waals surface area (Å²) >= 11 is 0. The molecule has 0 bridgehead atoms. The molecular weight excluding hydrogens is 398 g/mol. The number of nitrogens with two attached hydrogens (primary N) is 1. The van der Waals surface area contributed by atoms with Gasteiger partial charge in [0.15, 0.2) is 0 Å². The number of carbonyl (C=O) groups is 1. The van der Waals surface area contributed by atoms with E-state index in [4.69, 9.17) is 10.7 Å². The highest BCUT2D eigenvalue weighted by atomic mass is 16.1. The second-order valence-electron chi connectivity index (χ2n) is 8.24. The van der Waals surface area contributed by atoms with Gasteiger partial charge in [0.2, 0.25) is 5.78 Å². The van der Waals surface area contributed by atoms with Gasteiger partial charge in [0.1, 0.15) is 17.3 Å². The van der Waals surface area contributed by atoms with Gasteiger partial charge in [0.05, 0.1) is 11.1 Å². The summed E-state index contributed by atoms with van der Waals surface area (Å²) < 4.78 is 0. The minimum Gasteiger partial charge on any atom is -0.383 e. The molecule has 3 heterocycles. The molecule has 1 saturated carbocycles. The number of hydrogen-bond donors (Lipinski definition) is 2. The van der Waals surface area contributed by atoms with E-state index in [9.17, 15) is 4.79 Å². The molecule has 1 saturated heterocycles. The number of anilines is 2. The van der Waals surface area contributed by atoms with Crippen LogP contribution in [-0.2, 0) is 0 Å². The Kier molecular flexibility index (Phi) is 5.57. The van der Waals surface area contributed by atoms with E-state index in [2.05, 4.69) is 51.3 Å². The fourth-order valence-corrected chi connectivity index (χ4v) is 3.91. The number of piperazine rings is 1. The van der Waals surface area contributed by atoms with Gasteiger partial charge in [-0.15, -0.1) is 0 Å². The predicted octanol–water partition coefficient (Wildman–Crippen LogP) is 3.20. The maximum Gasteiger partial charge on any atom is 0.216 e. The number of ketones is 1. The molecule has 2 aromatic heterocycles. The second kappa shape index (κ2) is 8.81. The Morgan fingerprint density at radius 3 is 2.72 bits per heavy atom. The summed E-state index contributed by atoms with van der Waals surface area (Å²) in [5, 5.41) is 3.57. The molecule has 1 unspecified atom stereocenters. The van der Waals surface area contributed by atoms with E-state index in [1.807, 2.05) is 18.2 Å². The van der Waals surface area contributed by atoms with Gasteiger partial charge in [-0.25, -0.2) is 9.97 Å². The van der Waals surface area contributed by atoms with Gasteiger partial charge in [-0.1, -0.05) is 42.2 Å². The Morgan fingerprint density at radius 1 is 1.09 bits per heavy atom. The normalized spacial score (nSPS) is 18.0. The first-order valence-electron chi connectivity index (χ1n) is 11.0. The molecule has 0 amide bonds. The maximum atomic E-state index is 13.4. The largest absolute Gasteiger partial charge is 0.383 e. The third-order valence-electron chi connectivity index (χ3n) is 5.87. The number of aromatic nitrogens is 2. The monoisotopic (exact) mass is 423 g/mol. The fourth-order valence-electron chi connectivity index (χ4n) is 3.91. The molecule has 1 atom stereocenters. The third kappa shape index (κ3) is 4.34. The Bertz CT molecular complexity index is 1190. The molecule has 6 heteroatoms. The molecule has 32 heavy (non-hydrogen) atoms. The number of nitrogens with zero attached hydrogens (tertiary/aromatic N) is 3. The van der Waals surface area contributed by atoms with E-state index in [-0.39, 0.29) is 17.6 Å². The third-order valence-corrected chi connectivity index (χ3v) is 5.87. The Hall–Kier alpha value is -3.69. The van der Waals surface area contributed by atoms with Gasteiger partial charge in [0.25, 0.3) is 0 Å². The topological polar surface area (TPSA) is 84.1 Å². The lowest BCUT2D eigenvalue weighted by molar-refractivity contribution is 0.103. The predicted molar refractivity (Wildman–Crippen MR) is 125 cm³/mol. The van der Waals surface area contributed by atoms with Gasteiger partial charge in [-0.2, -0.15) is 0 Å². The Labute approximate surface area is 187 Å². The van der Waals surface area contributed by atoms with Crippen molar-refractivity contribution < 1.29 is 4.79 Å². The lowest BCUT2D eigenvalue weighted by Crippen LogP contribution is -2.46. The summed E-state index contributed by atoms with van der Waals surface area (Å²) in [7, 11) is 0. The fraction of sp³-hybridized carbons (Fsp3) is 0.269. The number of nitrogens with one attached hydrogen (secondary N) is 1. The Morgan fingerprint density at radius 2 is 1.94 bits per heavy atom. The minimum atomic E-state index is -0.243. The van der Waals surface area contributed by atoms with Crippen molar-refractivity contribution in [1.29, 1.82) is 0 Å². The first-order valence-corrected chi connectivity index (χ1v) is 11.0. The van der Waals surface area contributed by atoms with Crippen LogP contribution in [0.15, 0.2) is 60.8 Å². The quantitative estimate of drug-likeness (QED) is 0.495. The summed E-state index contributed by atoms with van der Waals surface area (Å²) in [6.07, 6.45) is 3.83. The molecule has 1 aromatic carbocycles. The van der Waals surface area contributed by atoms with Gasteiger partial charge < -0.3 is 16.0 Å². The highest BCUT2D eigenvalue weighted by Crippen LogP contribution is 2.28. The number of hydrogen-bond acceptors (Lipinski definition) is 6. The van der Waals surface area contributed by atoms with Crippen molar-refractivity contribution in [2.24, 2.45) is 5.92 Å². The molecule has 3 aromatic rings. The molecular formula is C26H25N5O. The zero-order chi connectivity index (χ0) is 21.9. The van der Waals surface area contributed by atoms with E-state index in [1.165, 1.54) is 5.56 Å². The van der Waals surface area contributed by atoms with Crippen LogP contribution >= 0.6 is 0 Å². The molecule has 0 radical (unpaired) electrons. The molecule has 160 valence electrons. The van der Waals surface area contributed by atoms with Crippen molar-refractivity contribution >= 4 is 17.4 Å². The number of rotatable bonds is 4. The summed E-state index contributed by atoms with van der Waals surface area (Å²) in [5.74, 6) is 7.60. The standard InChI is InChI=1S/C26H25N5O/c27-26-21(7-4-14-29-26)25(32)24-20(11-10-18-8-9-18)12-13-23(30-24)31-16-15-28-22(17-31)19-5-2-1-3-6-19/h1-7,12-14,18,22,28H,8-9,15-17H2,(H2,27,29). The molecule has 1 aliphatic carbocycles. The molecule has 1 aliphatic heterocycles. The summed E-state index contributed by atoms with van der Waals surface area (Å²) in [4.78, 5) is 24.5. The van der Waals surface area contributed by atoms with Gasteiger partial charge in [-0.3, -0.25) is 4.79 Å². The van der Waals surface area contributed by atoms with Crippen LogP contribution in [0, 0.1) is 17.8 Å². The molecule has 2 fully saturated rings. The maximum absolute atomic E-state index is 13.4. The molecule has 5 rings (SSSR count). The van der Waals surface area contributed by atoms with Crippen LogP contribution in [-0.4, -0.2) is 35.4 Å². The van der Waals surface area contributed by atoms with Gasteiger partial charge in [-0.05, 0) is 42.7 Å². The highest BCUT2D eigenvalue weighted by molar-refractivity contribution is 6.11. The molecule has 6 nitrogen and oxygen atoms in total. The first-order chi connectivity index (χ1) is 15.7. The zero-order valence-corrected chi connectivity index (χ0v) is 17.8. The lowest BCUT2D eigenvalue weighted by atomic mass is 10.0. The van der Waals surface area contributed by atoms with Crippen molar-refractivity contribution in [2.75, 3.05) is 30.3 Å². The average Bonchev–Trinajstić information content (AvgIpc) is 3.68. The molecule has 3 N–H and O–H groups in total. The zero-order valence-electron chi connectivity index (χ0n) is 17.8. The smallest absolute Gasteiger partial charge is 0.216 e. The van der Waals surface area contributed by atoms with E-state index in [1.54, 1.807) is 18.3 Å². The summed E-state index contributed by atoms with van der Waals surface area (Å²) in [5.41, 5.74) is 8.57. The molecule has 2 aliphatic rings. The van der Waals surface area contributed by atoms with Crippen molar-refractivity contribution in [3.8, 4) is 11.8 Å². The van der Waals surface area contributed by atoms with Gasteiger partial charge in [0, 0.05) is 37.8 Å². The van der Waals surface area contributed by atoms with Crippen molar-refractivity contribution in [1.82, 2.24) is 15.3 Å². The summed E-state index contributed by atoms with van der Waals surface area (Å²) in [6.45, 7) is 2.42. The van der Waals surface area contributed by atoms with Crippen LogP contribution in [0.2, 0.25) is 0 Å². The number of benzene rings is 1.